The first-order valence-electron chi connectivity index (χ1n) is 13.1. The zero-order valence-corrected chi connectivity index (χ0v) is 22.8. The summed E-state index contributed by atoms with van der Waals surface area (Å²) in [5, 5.41) is 2.71. The maximum Gasteiger partial charge on any atom is 0.492 e. The van der Waals surface area contributed by atoms with Gasteiger partial charge in [0.25, 0.3) is 0 Å². The topological polar surface area (TPSA) is 73.9 Å². The predicted octanol–water partition coefficient (Wildman–Crippen LogP) is 6.33. The van der Waals surface area contributed by atoms with Crippen molar-refractivity contribution >= 4 is 25.6 Å². The lowest BCUT2D eigenvalue weighted by Crippen LogP contribution is -2.41. The molecule has 0 aromatic heterocycles. The van der Waals surface area contributed by atoms with Crippen LogP contribution in [0.1, 0.15) is 60.7 Å². The molecule has 1 fully saturated rings. The number of hydrogen-bond donors (Lipinski definition) is 1. The van der Waals surface area contributed by atoms with Crippen molar-refractivity contribution in [2.24, 2.45) is 0 Å². The summed E-state index contributed by atoms with van der Waals surface area (Å²) in [4.78, 5) is 24.1. The van der Waals surface area contributed by atoms with Gasteiger partial charge in [-0.25, -0.2) is 13.6 Å². The number of alkyl carbamates (subject to hydrolysis) is 1. The summed E-state index contributed by atoms with van der Waals surface area (Å²) >= 11 is 0. The summed E-state index contributed by atoms with van der Waals surface area (Å²) < 4.78 is 46.7. The van der Waals surface area contributed by atoms with Gasteiger partial charge in [0.05, 0.1) is 16.8 Å². The summed E-state index contributed by atoms with van der Waals surface area (Å²) in [5.74, 6) is -2.07. The predicted molar refractivity (Wildman–Crippen MR) is 149 cm³/mol. The molecule has 40 heavy (non-hydrogen) atoms. The maximum atomic E-state index is 14.9. The van der Waals surface area contributed by atoms with Gasteiger partial charge in [-0.05, 0) is 67.6 Å². The fraction of sp³-hybridized carbons (Fsp3) is 0.290. The van der Waals surface area contributed by atoms with E-state index in [2.05, 4.69) is 17.4 Å². The third-order valence-electron chi connectivity index (χ3n) is 7.95. The van der Waals surface area contributed by atoms with Gasteiger partial charge in [-0.3, -0.25) is 4.79 Å². The Morgan fingerprint density at radius 3 is 2.10 bits per heavy atom. The molecule has 5 rings (SSSR count). The molecular formula is C31H30BF2NO5. The Morgan fingerprint density at radius 2 is 1.52 bits per heavy atom. The van der Waals surface area contributed by atoms with Gasteiger partial charge in [0.1, 0.15) is 18.2 Å². The lowest BCUT2D eigenvalue weighted by atomic mass is 9.77. The molecule has 0 atom stereocenters. The number of halogens is 2. The van der Waals surface area contributed by atoms with Crippen molar-refractivity contribution in [2.45, 2.75) is 44.8 Å². The number of benzene rings is 3. The molecule has 0 bridgehead atoms. The van der Waals surface area contributed by atoms with E-state index in [9.17, 15) is 18.4 Å². The number of hydrogen-bond acceptors (Lipinski definition) is 5. The van der Waals surface area contributed by atoms with Crippen LogP contribution in [0.2, 0.25) is 0 Å². The van der Waals surface area contributed by atoms with Crippen LogP contribution in [-0.2, 0) is 14.0 Å². The van der Waals surface area contributed by atoms with Crippen LogP contribution < -0.4 is 5.32 Å². The zero-order valence-electron chi connectivity index (χ0n) is 22.8. The van der Waals surface area contributed by atoms with Crippen LogP contribution in [0.3, 0.4) is 0 Å². The van der Waals surface area contributed by atoms with Crippen LogP contribution in [0, 0.1) is 11.6 Å². The van der Waals surface area contributed by atoms with E-state index in [1.807, 2.05) is 64.1 Å². The normalized spacial score (nSPS) is 17.4. The second-order valence-corrected chi connectivity index (χ2v) is 11.0. The first-order valence-corrected chi connectivity index (χ1v) is 13.1. The molecule has 0 saturated carbocycles. The average molecular weight is 545 g/mol. The third kappa shape index (κ3) is 5.07. The number of nitrogens with one attached hydrogen (secondary N) is 1. The second-order valence-electron chi connectivity index (χ2n) is 11.0. The Morgan fingerprint density at radius 1 is 0.950 bits per heavy atom. The van der Waals surface area contributed by atoms with Crippen molar-refractivity contribution in [3.05, 3.63) is 100 Å². The van der Waals surface area contributed by atoms with Gasteiger partial charge in [-0.1, -0.05) is 54.6 Å². The minimum atomic E-state index is -1.01. The highest BCUT2D eigenvalue weighted by Gasteiger charge is 2.52. The van der Waals surface area contributed by atoms with E-state index in [0.29, 0.717) is 5.47 Å². The molecule has 1 saturated heterocycles. The van der Waals surface area contributed by atoms with Crippen LogP contribution in [0.4, 0.5) is 13.6 Å². The molecule has 6 nitrogen and oxygen atoms in total. The summed E-state index contributed by atoms with van der Waals surface area (Å²) in [7, 11) is -0.928. The van der Waals surface area contributed by atoms with Gasteiger partial charge in [0.15, 0.2) is 6.29 Å². The summed E-state index contributed by atoms with van der Waals surface area (Å²) in [6.45, 7) is 7.50. The highest BCUT2D eigenvalue weighted by molar-refractivity contribution is 6.56. The maximum absolute atomic E-state index is 14.9. The van der Waals surface area contributed by atoms with E-state index in [1.165, 1.54) is 12.1 Å². The first kappa shape index (κ1) is 27.7. The Kier molecular flexibility index (Phi) is 7.37. The van der Waals surface area contributed by atoms with Crippen LogP contribution in [0.25, 0.3) is 17.2 Å². The number of rotatable bonds is 7. The van der Waals surface area contributed by atoms with Crippen molar-refractivity contribution in [3.63, 3.8) is 0 Å². The van der Waals surface area contributed by atoms with Gasteiger partial charge in [-0.15, -0.1) is 0 Å². The molecule has 0 unspecified atom stereocenters. The Labute approximate surface area is 232 Å². The van der Waals surface area contributed by atoms with Crippen LogP contribution in [0.15, 0.2) is 66.1 Å². The largest absolute Gasteiger partial charge is 0.492 e. The van der Waals surface area contributed by atoms with E-state index in [-0.39, 0.29) is 30.9 Å². The van der Waals surface area contributed by atoms with Crippen LogP contribution in [-0.4, -0.2) is 43.9 Å². The molecule has 1 aliphatic carbocycles. The molecule has 3 aromatic carbocycles. The lowest BCUT2D eigenvalue weighted by molar-refractivity contribution is 0.00578. The van der Waals surface area contributed by atoms with E-state index >= 15 is 0 Å². The van der Waals surface area contributed by atoms with Gasteiger partial charge < -0.3 is 19.4 Å². The van der Waals surface area contributed by atoms with Gasteiger partial charge >= 0.3 is 13.2 Å². The Hall–Kier alpha value is -3.82. The van der Waals surface area contributed by atoms with Crippen molar-refractivity contribution in [2.75, 3.05) is 13.2 Å². The second kappa shape index (κ2) is 10.6. The van der Waals surface area contributed by atoms with E-state index in [0.717, 1.165) is 28.3 Å². The Balaban J connectivity index is 1.34. The smallest absolute Gasteiger partial charge is 0.449 e. The minimum Gasteiger partial charge on any atom is -0.449 e. The quantitative estimate of drug-likeness (QED) is 0.278. The van der Waals surface area contributed by atoms with Crippen molar-refractivity contribution < 1.29 is 32.4 Å². The molecule has 1 heterocycles. The third-order valence-corrected chi connectivity index (χ3v) is 7.95. The van der Waals surface area contributed by atoms with Crippen molar-refractivity contribution in [1.82, 2.24) is 5.32 Å². The average Bonchev–Trinajstić information content (AvgIpc) is 3.35. The molecule has 0 radical (unpaired) electrons. The monoisotopic (exact) mass is 545 g/mol. The van der Waals surface area contributed by atoms with Gasteiger partial charge in [0, 0.05) is 18.0 Å². The number of fused-ring (bicyclic) bond motifs is 3. The molecule has 0 spiro atoms. The molecular weight excluding hydrogens is 515 g/mol. The molecule has 1 amide bonds. The highest BCUT2D eigenvalue weighted by Crippen LogP contribution is 2.44. The summed E-state index contributed by atoms with van der Waals surface area (Å²) in [6, 6.07) is 18.3. The van der Waals surface area contributed by atoms with Crippen molar-refractivity contribution in [1.29, 1.82) is 0 Å². The molecule has 206 valence electrons. The molecule has 1 aliphatic heterocycles. The molecule has 9 heteroatoms. The number of carbonyl (C=O) groups excluding carboxylic acids is 2. The SMILES string of the molecule is CC1(C)OB(C(=Cc2ccc(F)c(C=O)c2F)CNC(=O)OCC2c3ccccc3-c3ccccc32)OC1(C)C. The van der Waals surface area contributed by atoms with Crippen LogP contribution in [0.5, 0.6) is 0 Å². The van der Waals surface area contributed by atoms with Gasteiger partial charge in [0.2, 0.25) is 0 Å². The van der Waals surface area contributed by atoms with Crippen molar-refractivity contribution in [3.8, 4) is 11.1 Å². The Bertz CT molecular complexity index is 1440. The van der Waals surface area contributed by atoms with E-state index < -0.39 is 41.6 Å². The highest BCUT2D eigenvalue weighted by atomic mass is 19.1. The fourth-order valence-electron chi connectivity index (χ4n) is 5.03. The summed E-state index contributed by atoms with van der Waals surface area (Å²) in [6.07, 6.45) is 0.858. The standard InChI is InChI=1S/C31H30BF2NO5/c1-30(2)31(3,4)40-32(39-30)20(15-19-13-14-27(33)25(17-36)28(19)34)16-35-29(37)38-18-26-23-11-7-5-9-21(23)22-10-6-8-12-24(22)26/h5-15,17,26H,16,18H2,1-4H3,(H,35,37). The number of ether oxygens (including phenoxy) is 1. The van der Waals surface area contributed by atoms with E-state index in [4.69, 9.17) is 14.0 Å². The molecule has 1 N–H and O–H groups in total. The number of amides is 1. The molecule has 3 aromatic rings. The fourth-order valence-corrected chi connectivity index (χ4v) is 5.03. The lowest BCUT2D eigenvalue weighted by Gasteiger charge is -2.32. The number of carbonyl (C=O) groups is 2. The first-order chi connectivity index (χ1) is 19.0. The van der Waals surface area contributed by atoms with E-state index in [1.54, 1.807) is 0 Å². The zero-order chi connectivity index (χ0) is 28.7. The minimum absolute atomic E-state index is 0.0393. The summed E-state index contributed by atoms with van der Waals surface area (Å²) in [5.41, 5.74) is 2.68. The van der Waals surface area contributed by atoms with Crippen LogP contribution >= 0.6 is 0 Å². The molecule has 2 aliphatic rings. The van der Waals surface area contributed by atoms with Gasteiger partial charge in [-0.2, -0.15) is 0 Å². The number of aldehydes is 1.